The number of carbonyl (C=O) groups excluding carboxylic acids is 1. The number of amides is 1. The normalized spacial score (nSPS) is 10.3. The lowest BCUT2D eigenvalue weighted by Gasteiger charge is -2.17. The zero-order valence-electron chi connectivity index (χ0n) is 11.3. The summed E-state index contributed by atoms with van der Waals surface area (Å²) >= 11 is 0. The third kappa shape index (κ3) is 2.81. The molecule has 19 heavy (non-hydrogen) atoms. The van der Waals surface area contributed by atoms with Crippen LogP contribution in [0, 0.1) is 19.7 Å². The van der Waals surface area contributed by atoms with Gasteiger partial charge in [-0.15, -0.1) is 0 Å². The second-order valence-corrected chi connectivity index (χ2v) is 4.66. The molecular weight excluding hydrogens is 241 g/mol. The molecule has 0 atom stereocenters. The van der Waals surface area contributed by atoms with Gasteiger partial charge >= 0.3 is 0 Å². The molecule has 0 unspecified atom stereocenters. The molecule has 0 aliphatic rings. The van der Waals surface area contributed by atoms with Crippen molar-refractivity contribution in [1.82, 2.24) is 0 Å². The van der Waals surface area contributed by atoms with Crippen LogP contribution in [0.25, 0.3) is 0 Å². The molecule has 3 heteroatoms. The molecule has 0 saturated heterocycles. The van der Waals surface area contributed by atoms with E-state index in [1.807, 2.05) is 31.2 Å². The maximum atomic E-state index is 13.5. The van der Waals surface area contributed by atoms with Gasteiger partial charge in [0.15, 0.2) is 0 Å². The number of nitrogens with zero attached hydrogens (tertiary/aromatic N) is 1. The maximum Gasteiger partial charge on any atom is 0.258 e. The van der Waals surface area contributed by atoms with Gasteiger partial charge in [0.05, 0.1) is 0 Å². The molecule has 0 aliphatic heterocycles. The van der Waals surface area contributed by atoms with Crippen molar-refractivity contribution < 1.29 is 9.18 Å². The van der Waals surface area contributed by atoms with E-state index in [9.17, 15) is 9.18 Å². The predicted octanol–water partition coefficient (Wildman–Crippen LogP) is 3.72. The van der Waals surface area contributed by atoms with Crippen LogP contribution in [0.5, 0.6) is 0 Å². The summed E-state index contributed by atoms with van der Waals surface area (Å²) in [6, 6.07) is 12.2. The Kier molecular flexibility index (Phi) is 3.65. The highest BCUT2D eigenvalue weighted by molar-refractivity contribution is 6.05. The standard InChI is InChI=1S/C16H16FNO/c1-11-4-8-14(9-5-11)18(3)16(19)13-7-6-12(2)15(17)10-13/h4-10H,1-3H3. The molecule has 0 N–H and O–H groups in total. The predicted molar refractivity (Wildman–Crippen MR) is 75.0 cm³/mol. The van der Waals surface area contributed by atoms with Gasteiger partial charge in [0, 0.05) is 18.3 Å². The van der Waals surface area contributed by atoms with E-state index >= 15 is 0 Å². The minimum absolute atomic E-state index is 0.220. The Bertz CT molecular complexity index is 605. The van der Waals surface area contributed by atoms with Crippen molar-refractivity contribution in [2.45, 2.75) is 13.8 Å². The summed E-state index contributed by atoms with van der Waals surface area (Å²) in [5.74, 6) is -0.578. The summed E-state index contributed by atoms with van der Waals surface area (Å²) in [6.07, 6.45) is 0. The lowest BCUT2D eigenvalue weighted by molar-refractivity contribution is 0.0992. The fourth-order valence-corrected chi connectivity index (χ4v) is 1.81. The Morgan fingerprint density at radius 3 is 2.26 bits per heavy atom. The van der Waals surface area contributed by atoms with Crippen LogP contribution >= 0.6 is 0 Å². The van der Waals surface area contributed by atoms with Crippen LogP contribution in [-0.2, 0) is 0 Å². The Morgan fingerprint density at radius 2 is 1.68 bits per heavy atom. The van der Waals surface area contributed by atoms with Gasteiger partial charge < -0.3 is 4.90 Å². The van der Waals surface area contributed by atoms with E-state index in [4.69, 9.17) is 0 Å². The lowest BCUT2D eigenvalue weighted by Crippen LogP contribution is -2.26. The lowest BCUT2D eigenvalue weighted by atomic mass is 10.1. The number of anilines is 1. The number of aryl methyl sites for hydroxylation is 2. The van der Waals surface area contributed by atoms with Crippen molar-refractivity contribution in [2.75, 3.05) is 11.9 Å². The average Bonchev–Trinajstić information content (AvgIpc) is 2.41. The van der Waals surface area contributed by atoms with Gasteiger partial charge in [-0.05, 0) is 43.7 Å². The highest BCUT2D eigenvalue weighted by Gasteiger charge is 2.14. The number of halogens is 1. The van der Waals surface area contributed by atoms with Crippen LogP contribution in [0.15, 0.2) is 42.5 Å². The number of carbonyl (C=O) groups is 1. The Hall–Kier alpha value is -2.16. The number of rotatable bonds is 2. The molecule has 2 nitrogen and oxygen atoms in total. The van der Waals surface area contributed by atoms with Gasteiger partial charge in [-0.1, -0.05) is 23.8 Å². The third-order valence-electron chi connectivity index (χ3n) is 3.14. The van der Waals surface area contributed by atoms with Crippen molar-refractivity contribution in [1.29, 1.82) is 0 Å². The number of hydrogen-bond donors (Lipinski definition) is 0. The monoisotopic (exact) mass is 257 g/mol. The summed E-state index contributed by atoms with van der Waals surface area (Å²) in [6.45, 7) is 3.66. The summed E-state index contributed by atoms with van der Waals surface area (Å²) in [7, 11) is 1.69. The van der Waals surface area contributed by atoms with Crippen LogP contribution in [-0.4, -0.2) is 13.0 Å². The molecule has 0 heterocycles. The van der Waals surface area contributed by atoms with E-state index in [0.717, 1.165) is 11.3 Å². The highest BCUT2D eigenvalue weighted by atomic mass is 19.1. The highest BCUT2D eigenvalue weighted by Crippen LogP contribution is 2.17. The summed E-state index contributed by atoms with van der Waals surface area (Å²) < 4.78 is 13.5. The van der Waals surface area contributed by atoms with Crippen LogP contribution in [0.4, 0.5) is 10.1 Å². The van der Waals surface area contributed by atoms with Gasteiger partial charge in [-0.2, -0.15) is 0 Å². The van der Waals surface area contributed by atoms with Crippen molar-refractivity contribution in [3.8, 4) is 0 Å². The first kappa shape index (κ1) is 13.3. The van der Waals surface area contributed by atoms with Crippen molar-refractivity contribution in [3.05, 3.63) is 65.0 Å². The Labute approximate surface area is 112 Å². The Balaban J connectivity index is 2.28. The zero-order chi connectivity index (χ0) is 14.0. The van der Waals surface area contributed by atoms with E-state index in [2.05, 4.69) is 0 Å². The molecule has 2 aromatic rings. The zero-order valence-corrected chi connectivity index (χ0v) is 11.3. The van der Waals surface area contributed by atoms with E-state index < -0.39 is 0 Å². The molecule has 0 fully saturated rings. The third-order valence-corrected chi connectivity index (χ3v) is 3.14. The first-order valence-electron chi connectivity index (χ1n) is 6.10. The van der Waals surface area contributed by atoms with E-state index in [-0.39, 0.29) is 11.7 Å². The van der Waals surface area contributed by atoms with Crippen LogP contribution in [0.2, 0.25) is 0 Å². The van der Waals surface area contributed by atoms with Gasteiger partial charge in [0.25, 0.3) is 5.91 Å². The van der Waals surface area contributed by atoms with Gasteiger partial charge in [0.1, 0.15) is 5.82 Å². The molecule has 0 aromatic heterocycles. The topological polar surface area (TPSA) is 20.3 Å². The van der Waals surface area contributed by atoms with E-state index in [0.29, 0.717) is 11.1 Å². The molecule has 2 aromatic carbocycles. The molecule has 0 radical (unpaired) electrons. The smallest absolute Gasteiger partial charge is 0.258 e. The second kappa shape index (κ2) is 5.22. The number of benzene rings is 2. The second-order valence-electron chi connectivity index (χ2n) is 4.66. The minimum Gasteiger partial charge on any atom is -0.311 e. The van der Waals surface area contributed by atoms with E-state index in [1.54, 1.807) is 26.1 Å². The Morgan fingerprint density at radius 1 is 1.05 bits per heavy atom. The minimum atomic E-state index is -0.358. The van der Waals surface area contributed by atoms with Gasteiger partial charge in [-0.3, -0.25) is 4.79 Å². The SMILES string of the molecule is Cc1ccc(N(C)C(=O)c2ccc(C)c(F)c2)cc1. The summed E-state index contributed by atoms with van der Waals surface area (Å²) in [5, 5.41) is 0. The van der Waals surface area contributed by atoms with Crippen molar-refractivity contribution >= 4 is 11.6 Å². The van der Waals surface area contributed by atoms with Gasteiger partial charge in [0.2, 0.25) is 0 Å². The van der Waals surface area contributed by atoms with Crippen LogP contribution in [0.1, 0.15) is 21.5 Å². The first-order chi connectivity index (χ1) is 8.99. The summed E-state index contributed by atoms with van der Waals surface area (Å²) in [4.78, 5) is 13.8. The van der Waals surface area contributed by atoms with E-state index in [1.165, 1.54) is 11.0 Å². The fourth-order valence-electron chi connectivity index (χ4n) is 1.81. The fraction of sp³-hybridized carbons (Fsp3) is 0.188. The van der Waals surface area contributed by atoms with Crippen LogP contribution < -0.4 is 4.90 Å². The van der Waals surface area contributed by atoms with Crippen LogP contribution in [0.3, 0.4) is 0 Å². The molecule has 0 spiro atoms. The molecule has 2 rings (SSSR count). The van der Waals surface area contributed by atoms with Crippen molar-refractivity contribution in [3.63, 3.8) is 0 Å². The maximum absolute atomic E-state index is 13.5. The molecular formula is C16H16FNO. The largest absolute Gasteiger partial charge is 0.311 e. The molecule has 0 saturated carbocycles. The average molecular weight is 257 g/mol. The molecule has 1 amide bonds. The summed E-state index contributed by atoms with van der Waals surface area (Å²) in [5.41, 5.74) is 2.81. The molecule has 0 aliphatic carbocycles. The first-order valence-corrected chi connectivity index (χ1v) is 6.10. The van der Waals surface area contributed by atoms with Gasteiger partial charge in [-0.25, -0.2) is 4.39 Å². The molecule has 98 valence electrons. The van der Waals surface area contributed by atoms with Crippen molar-refractivity contribution in [2.24, 2.45) is 0 Å². The quantitative estimate of drug-likeness (QED) is 0.803. The molecule has 0 bridgehead atoms. The number of hydrogen-bond acceptors (Lipinski definition) is 1.